The Labute approximate surface area is 123 Å². The SMILES string of the molecule is C#CCCC(NCCC)C1C2CCc3ccccc3C21. The van der Waals surface area contributed by atoms with E-state index >= 15 is 0 Å². The maximum atomic E-state index is 5.47. The molecule has 0 saturated heterocycles. The Bertz CT molecular complexity index is 499. The van der Waals surface area contributed by atoms with Crippen molar-refractivity contribution in [3.05, 3.63) is 35.4 Å². The van der Waals surface area contributed by atoms with Crippen LogP contribution in [0.25, 0.3) is 0 Å². The highest BCUT2D eigenvalue weighted by atomic mass is 14.9. The van der Waals surface area contributed by atoms with Crippen molar-refractivity contribution in [1.82, 2.24) is 5.32 Å². The van der Waals surface area contributed by atoms with Crippen LogP contribution in [-0.4, -0.2) is 12.6 Å². The van der Waals surface area contributed by atoms with Gasteiger partial charge in [0.05, 0.1) is 0 Å². The fourth-order valence-electron chi connectivity index (χ4n) is 4.17. The molecule has 0 aliphatic heterocycles. The van der Waals surface area contributed by atoms with Crippen LogP contribution in [0, 0.1) is 24.2 Å². The van der Waals surface area contributed by atoms with E-state index in [1.54, 1.807) is 11.1 Å². The van der Waals surface area contributed by atoms with Gasteiger partial charge in [0.15, 0.2) is 0 Å². The predicted octanol–water partition coefficient (Wildman–Crippen LogP) is 3.74. The van der Waals surface area contributed by atoms with Gasteiger partial charge in [0.2, 0.25) is 0 Å². The lowest BCUT2D eigenvalue weighted by atomic mass is 9.92. The van der Waals surface area contributed by atoms with Crippen molar-refractivity contribution in [3.63, 3.8) is 0 Å². The molecule has 1 aromatic rings. The highest BCUT2D eigenvalue weighted by molar-refractivity contribution is 5.40. The highest BCUT2D eigenvalue weighted by Gasteiger charge is 2.55. The molecule has 1 fully saturated rings. The highest BCUT2D eigenvalue weighted by Crippen LogP contribution is 2.61. The number of hydrogen-bond acceptors (Lipinski definition) is 1. The zero-order valence-electron chi connectivity index (χ0n) is 12.4. The zero-order chi connectivity index (χ0) is 13.9. The number of benzene rings is 1. The fourth-order valence-corrected chi connectivity index (χ4v) is 4.17. The molecule has 2 aliphatic rings. The van der Waals surface area contributed by atoms with Gasteiger partial charge in [0, 0.05) is 12.5 Å². The van der Waals surface area contributed by atoms with E-state index in [9.17, 15) is 0 Å². The third kappa shape index (κ3) is 2.50. The number of fused-ring (bicyclic) bond motifs is 3. The molecule has 1 saturated carbocycles. The Hall–Kier alpha value is -1.26. The molecule has 0 spiro atoms. The lowest BCUT2D eigenvalue weighted by Gasteiger charge is -2.18. The molecule has 20 heavy (non-hydrogen) atoms. The van der Waals surface area contributed by atoms with E-state index in [1.165, 1.54) is 19.3 Å². The Balaban J connectivity index is 1.73. The van der Waals surface area contributed by atoms with Gasteiger partial charge in [-0.3, -0.25) is 0 Å². The van der Waals surface area contributed by atoms with Crippen molar-refractivity contribution >= 4 is 0 Å². The molecule has 4 unspecified atom stereocenters. The molecule has 0 aromatic heterocycles. The fraction of sp³-hybridized carbons (Fsp3) is 0.579. The second kappa shape index (κ2) is 6.02. The summed E-state index contributed by atoms with van der Waals surface area (Å²) >= 11 is 0. The van der Waals surface area contributed by atoms with E-state index < -0.39 is 0 Å². The van der Waals surface area contributed by atoms with Gasteiger partial charge in [-0.25, -0.2) is 0 Å². The first kappa shape index (κ1) is 13.7. The molecule has 0 amide bonds. The average Bonchev–Trinajstić information content (AvgIpc) is 3.22. The average molecular weight is 267 g/mol. The summed E-state index contributed by atoms with van der Waals surface area (Å²) in [5, 5.41) is 3.76. The molecule has 0 radical (unpaired) electrons. The summed E-state index contributed by atoms with van der Waals surface area (Å²) in [5.41, 5.74) is 3.21. The van der Waals surface area contributed by atoms with Gasteiger partial charge < -0.3 is 5.32 Å². The van der Waals surface area contributed by atoms with Crippen molar-refractivity contribution in [2.45, 2.75) is 51.0 Å². The zero-order valence-corrected chi connectivity index (χ0v) is 12.4. The van der Waals surface area contributed by atoms with E-state index in [4.69, 9.17) is 6.42 Å². The van der Waals surface area contributed by atoms with Gasteiger partial charge in [-0.15, -0.1) is 12.3 Å². The molecule has 3 rings (SSSR count). The van der Waals surface area contributed by atoms with E-state index in [1.807, 2.05) is 0 Å². The molecule has 2 aliphatic carbocycles. The minimum atomic E-state index is 0.618. The minimum absolute atomic E-state index is 0.618. The molecule has 0 heterocycles. The molecule has 1 nitrogen and oxygen atoms in total. The van der Waals surface area contributed by atoms with Crippen LogP contribution in [0.2, 0.25) is 0 Å². The first-order chi connectivity index (χ1) is 9.86. The minimum Gasteiger partial charge on any atom is -0.314 e. The third-order valence-electron chi connectivity index (χ3n) is 5.11. The van der Waals surface area contributed by atoms with Crippen LogP contribution in [0.1, 0.15) is 49.7 Å². The molecule has 0 bridgehead atoms. The van der Waals surface area contributed by atoms with Crippen LogP contribution in [0.3, 0.4) is 0 Å². The van der Waals surface area contributed by atoms with E-state index in [-0.39, 0.29) is 0 Å². The Morgan fingerprint density at radius 1 is 1.40 bits per heavy atom. The van der Waals surface area contributed by atoms with Crippen molar-refractivity contribution in [1.29, 1.82) is 0 Å². The van der Waals surface area contributed by atoms with E-state index in [2.05, 4.69) is 42.4 Å². The van der Waals surface area contributed by atoms with Crippen molar-refractivity contribution in [2.24, 2.45) is 11.8 Å². The van der Waals surface area contributed by atoms with Gasteiger partial charge in [0.25, 0.3) is 0 Å². The summed E-state index contributed by atoms with van der Waals surface area (Å²) in [5.74, 6) is 5.33. The number of aryl methyl sites for hydroxylation is 1. The Kier molecular flexibility index (Phi) is 4.13. The summed E-state index contributed by atoms with van der Waals surface area (Å²) in [6.45, 7) is 3.35. The monoisotopic (exact) mass is 267 g/mol. The maximum absolute atomic E-state index is 5.47. The van der Waals surface area contributed by atoms with Crippen molar-refractivity contribution < 1.29 is 0 Å². The van der Waals surface area contributed by atoms with Gasteiger partial charge >= 0.3 is 0 Å². The number of rotatable bonds is 6. The van der Waals surface area contributed by atoms with Crippen LogP contribution >= 0.6 is 0 Å². The molecular formula is C19H25N. The summed E-state index contributed by atoms with van der Waals surface area (Å²) < 4.78 is 0. The molecule has 1 heteroatoms. The van der Waals surface area contributed by atoms with Crippen LogP contribution in [0.5, 0.6) is 0 Å². The second-order valence-corrected chi connectivity index (χ2v) is 6.31. The van der Waals surface area contributed by atoms with Gasteiger partial charge in [-0.05, 0) is 61.1 Å². The van der Waals surface area contributed by atoms with E-state index in [0.29, 0.717) is 6.04 Å². The summed E-state index contributed by atoms with van der Waals surface area (Å²) in [4.78, 5) is 0. The first-order valence-corrected chi connectivity index (χ1v) is 8.11. The van der Waals surface area contributed by atoms with Crippen molar-refractivity contribution in [2.75, 3.05) is 6.54 Å². The van der Waals surface area contributed by atoms with E-state index in [0.717, 1.165) is 37.1 Å². The standard InChI is InChI=1S/C19H25N/c1-3-5-10-17(20-13-4-2)19-16-12-11-14-8-6-7-9-15(14)18(16)19/h1,6-9,16-20H,4-5,10-13H2,2H3. The lowest BCUT2D eigenvalue weighted by molar-refractivity contribution is 0.415. The molecule has 1 aromatic carbocycles. The van der Waals surface area contributed by atoms with Crippen LogP contribution in [0.15, 0.2) is 24.3 Å². The Morgan fingerprint density at radius 3 is 3.05 bits per heavy atom. The van der Waals surface area contributed by atoms with Gasteiger partial charge in [0.1, 0.15) is 0 Å². The molecule has 1 N–H and O–H groups in total. The number of hydrogen-bond donors (Lipinski definition) is 1. The second-order valence-electron chi connectivity index (χ2n) is 6.31. The number of nitrogens with one attached hydrogen (secondary N) is 1. The molecular weight excluding hydrogens is 242 g/mol. The lowest BCUT2D eigenvalue weighted by Crippen LogP contribution is -2.32. The smallest absolute Gasteiger partial charge is 0.0113 e. The summed E-state index contributed by atoms with van der Waals surface area (Å²) in [6, 6.07) is 9.67. The molecule has 106 valence electrons. The van der Waals surface area contributed by atoms with Crippen LogP contribution < -0.4 is 5.32 Å². The number of terminal acetylenes is 1. The largest absolute Gasteiger partial charge is 0.314 e. The third-order valence-corrected chi connectivity index (χ3v) is 5.11. The maximum Gasteiger partial charge on any atom is 0.0113 e. The Morgan fingerprint density at radius 2 is 2.25 bits per heavy atom. The normalized spacial score (nSPS) is 28.1. The predicted molar refractivity (Wildman–Crippen MR) is 84.6 cm³/mol. The quantitative estimate of drug-likeness (QED) is 0.774. The van der Waals surface area contributed by atoms with Crippen LogP contribution in [0.4, 0.5) is 0 Å². The van der Waals surface area contributed by atoms with Crippen LogP contribution in [-0.2, 0) is 6.42 Å². The first-order valence-electron chi connectivity index (χ1n) is 8.11. The van der Waals surface area contributed by atoms with Crippen molar-refractivity contribution in [3.8, 4) is 12.3 Å². The van der Waals surface area contributed by atoms with Gasteiger partial charge in [-0.2, -0.15) is 0 Å². The topological polar surface area (TPSA) is 12.0 Å². The summed E-state index contributed by atoms with van der Waals surface area (Å²) in [6.07, 6.45) is 11.3. The summed E-state index contributed by atoms with van der Waals surface area (Å²) in [7, 11) is 0. The van der Waals surface area contributed by atoms with Gasteiger partial charge in [-0.1, -0.05) is 31.2 Å². The molecule has 4 atom stereocenters.